The van der Waals surface area contributed by atoms with E-state index in [2.05, 4.69) is 29.1 Å². The van der Waals surface area contributed by atoms with Gasteiger partial charge in [-0.1, -0.05) is 19.8 Å². The number of hydrogen-bond acceptors (Lipinski definition) is 3. The van der Waals surface area contributed by atoms with E-state index in [0.29, 0.717) is 12.0 Å². The molecular weight excluding hydrogens is 238 g/mol. The van der Waals surface area contributed by atoms with Crippen LogP contribution in [0, 0.1) is 0 Å². The van der Waals surface area contributed by atoms with Crippen molar-refractivity contribution >= 4 is 0 Å². The summed E-state index contributed by atoms with van der Waals surface area (Å²) in [5.41, 5.74) is 1.31. The maximum atomic E-state index is 5.53. The fourth-order valence-corrected chi connectivity index (χ4v) is 3.21. The Morgan fingerprint density at radius 1 is 1.42 bits per heavy atom. The summed E-state index contributed by atoms with van der Waals surface area (Å²) in [6.45, 7) is 3.18. The lowest BCUT2D eigenvalue weighted by Gasteiger charge is -2.21. The molecule has 1 saturated carbocycles. The number of rotatable bonds is 5. The molecule has 0 saturated heterocycles. The fraction of sp³-hybridized carbons (Fsp3) is 0.800. The Morgan fingerprint density at radius 3 is 2.89 bits per heavy atom. The molecule has 0 aliphatic heterocycles. The predicted molar refractivity (Wildman–Crippen MR) is 77.7 cm³/mol. The summed E-state index contributed by atoms with van der Waals surface area (Å²) in [6, 6.07) is 0.627. The molecule has 2 atom stereocenters. The van der Waals surface area contributed by atoms with Crippen LogP contribution in [-0.4, -0.2) is 30.0 Å². The molecule has 4 nitrogen and oxygen atoms in total. The summed E-state index contributed by atoms with van der Waals surface area (Å²) in [4.78, 5) is 0. The highest BCUT2D eigenvalue weighted by Crippen LogP contribution is 2.36. The molecule has 1 heterocycles. The van der Waals surface area contributed by atoms with Crippen LogP contribution in [0.25, 0.3) is 0 Å². The molecule has 0 amide bonds. The fourth-order valence-electron chi connectivity index (χ4n) is 3.21. The van der Waals surface area contributed by atoms with E-state index in [1.807, 2.05) is 6.20 Å². The zero-order chi connectivity index (χ0) is 13.7. The van der Waals surface area contributed by atoms with Crippen molar-refractivity contribution in [3.05, 3.63) is 11.9 Å². The third kappa shape index (κ3) is 3.30. The topological polar surface area (TPSA) is 39.1 Å². The molecule has 0 spiro atoms. The molecule has 2 unspecified atom stereocenters. The molecule has 1 fully saturated rings. The minimum atomic E-state index is 0.573. The summed E-state index contributed by atoms with van der Waals surface area (Å²) in [5.74, 6) is 1.54. The van der Waals surface area contributed by atoms with Gasteiger partial charge in [0.25, 0.3) is 0 Å². The Balaban J connectivity index is 2.24. The molecule has 2 rings (SSSR count). The summed E-state index contributed by atoms with van der Waals surface area (Å²) in [6.07, 6.45) is 9.36. The maximum Gasteiger partial charge on any atom is 0.160 e. The maximum absolute atomic E-state index is 5.53. The molecule has 0 bridgehead atoms. The lowest BCUT2D eigenvalue weighted by molar-refractivity contribution is 0.387. The van der Waals surface area contributed by atoms with Gasteiger partial charge in [-0.25, -0.2) is 0 Å². The summed E-state index contributed by atoms with van der Waals surface area (Å²) >= 11 is 0. The van der Waals surface area contributed by atoms with E-state index in [1.165, 1.54) is 37.8 Å². The molecule has 19 heavy (non-hydrogen) atoms. The molecule has 1 aliphatic carbocycles. The Labute approximate surface area is 116 Å². The van der Waals surface area contributed by atoms with Gasteiger partial charge >= 0.3 is 0 Å². The number of ether oxygens (including phenoxy) is 1. The second kappa shape index (κ2) is 6.94. The van der Waals surface area contributed by atoms with Crippen LogP contribution in [0.15, 0.2) is 6.20 Å². The Bertz CT molecular complexity index is 389. The number of nitrogens with one attached hydrogen (secondary N) is 1. The van der Waals surface area contributed by atoms with Crippen molar-refractivity contribution in [2.45, 2.75) is 64.0 Å². The minimum absolute atomic E-state index is 0.573. The lowest BCUT2D eigenvalue weighted by Crippen LogP contribution is -2.26. The molecule has 1 aromatic heterocycles. The van der Waals surface area contributed by atoms with Gasteiger partial charge in [0.2, 0.25) is 0 Å². The highest BCUT2D eigenvalue weighted by molar-refractivity contribution is 5.29. The van der Waals surface area contributed by atoms with E-state index in [1.54, 1.807) is 7.11 Å². The van der Waals surface area contributed by atoms with Crippen LogP contribution in [0.4, 0.5) is 0 Å². The Morgan fingerprint density at radius 2 is 2.21 bits per heavy atom. The van der Waals surface area contributed by atoms with Crippen molar-refractivity contribution in [3.63, 3.8) is 0 Å². The smallest absolute Gasteiger partial charge is 0.160 e. The third-order valence-corrected chi connectivity index (χ3v) is 4.22. The van der Waals surface area contributed by atoms with Gasteiger partial charge in [-0.2, -0.15) is 5.10 Å². The van der Waals surface area contributed by atoms with Gasteiger partial charge in [-0.15, -0.1) is 0 Å². The minimum Gasteiger partial charge on any atom is -0.493 e. The SMILES string of the molecule is CCCn1ncc(OC)c1C1CCCCC(NC)C1. The first-order chi connectivity index (χ1) is 9.30. The van der Waals surface area contributed by atoms with Gasteiger partial charge in [0.1, 0.15) is 0 Å². The van der Waals surface area contributed by atoms with Crippen LogP contribution < -0.4 is 10.1 Å². The van der Waals surface area contributed by atoms with Crippen LogP contribution in [-0.2, 0) is 6.54 Å². The molecule has 4 heteroatoms. The summed E-state index contributed by atoms with van der Waals surface area (Å²) in [5, 5.41) is 7.96. The standard InChI is InChI=1S/C15H27N3O/c1-4-9-18-15(14(19-3)11-17-18)12-7-5-6-8-13(10-12)16-2/h11-13,16H,4-10H2,1-3H3. The van der Waals surface area contributed by atoms with Crippen LogP contribution >= 0.6 is 0 Å². The zero-order valence-electron chi connectivity index (χ0n) is 12.5. The summed E-state index contributed by atoms with van der Waals surface area (Å²) in [7, 11) is 3.83. The molecule has 1 aliphatic rings. The van der Waals surface area contributed by atoms with Crippen LogP contribution in [0.1, 0.15) is 57.1 Å². The second-order valence-electron chi connectivity index (χ2n) is 5.52. The average molecular weight is 265 g/mol. The van der Waals surface area contributed by atoms with Crippen molar-refractivity contribution in [2.24, 2.45) is 0 Å². The molecule has 1 aromatic rings. The molecule has 1 N–H and O–H groups in total. The lowest BCUT2D eigenvalue weighted by atomic mass is 9.94. The van der Waals surface area contributed by atoms with Gasteiger partial charge in [0.05, 0.1) is 19.0 Å². The van der Waals surface area contributed by atoms with E-state index < -0.39 is 0 Å². The largest absolute Gasteiger partial charge is 0.493 e. The summed E-state index contributed by atoms with van der Waals surface area (Å²) < 4.78 is 7.69. The molecular formula is C15H27N3O. The first kappa shape index (κ1) is 14.4. The number of nitrogens with zero attached hydrogens (tertiary/aromatic N) is 2. The van der Waals surface area contributed by atoms with Gasteiger partial charge in [0.15, 0.2) is 5.75 Å². The zero-order valence-corrected chi connectivity index (χ0v) is 12.5. The van der Waals surface area contributed by atoms with Crippen LogP contribution in [0.3, 0.4) is 0 Å². The quantitative estimate of drug-likeness (QED) is 0.832. The first-order valence-corrected chi connectivity index (χ1v) is 7.57. The normalized spacial score (nSPS) is 24.2. The van der Waals surface area contributed by atoms with Gasteiger partial charge < -0.3 is 10.1 Å². The number of aromatic nitrogens is 2. The van der Waals surface area contributed by atoms with Crippen molar-refractivity contribution in [3.8, 4) is 5.75 Å². The molecule has 0 aromatic carbocycles. The Hall–Kier alpha value is -1.03. The van der Waals surface area contributed by atoms with Crippen molar-refractivity contribution in [2.75, 3.05) is 14.2 Å². The highest BCUT2D eigenvalue weighted by atomic mass is 16.5. The van der Waals surface area contributed by atoms with Crippen molar-refractivity contribution < 1.29 is 4.74 Å². The second-order valence-corrected chi connectivity index (χ2v) is 5.52. The van der Waals surface area contributed by atoms with E-state index in [0.717, 1.165) is 18.7 Å². The van der Waals surface area contributed by atoms with Crippen LogP contribution in [0.5, 0.6) is 5.75 Å². The molecule has 108 valence electrons. The van der Waals surface area contributed by atoms with E-state index in [4.69, 9.17) is 4.74 Å². The Kier molecular flexibility index (Phi) is 5.25. The van der Waals surface area contributed by atoms with E-state index in [-0.39, 0.29) is 0 Å². The van der Waals surface area contributed by atoms with E-state index in [9.17, 15) is 0 Å². The average Bonchev–Trinajstić information content (AvgIpc) is 2.69. The van der Waals surface area contributed by atoms with Gasteiger partial charge in [-0.3, -0.25) is 4.68 Å². The van der Waals surface area contributed by atoms with Crippen molar-refractivity contribution in [1.29, 1.82) is 0 Å². The predicted octanol–water partition coefficient (Wildman–Crippen LogP) is 2.94. The third-order valence-electron chi connectivity index (χ3n) is 4.22. The van der Waals surface area contributed by atoms with Crippen LogP contribution in [0.2, 0.25) is 0 Å². The monoisotopic (exact) mass is 265 g/mol. The number of methoxy groups -OCH3 is 1. The van der Waals surface area contributed by atoms with E-state index >= 15 is 0 Å². The van der Waals surface area contributed by atoms with Gasteiger partial charge in [0, 0.05) is 18.5 Å². The van der Waals surface area contributed by atoms with Crippen molar-refractivity contribution in [1.82, 2.24) is 15.1 Å². The van der Waals surface area contributed by atoms with Gasteiger partial charge in [-0.05, 0) is 32.7 Å². The highest BCUT2D eigenvalue weighted by Gasteiger charge is 2.26. The molecule has 0 radical (unpaired) electrons. The number of hydrogen-bond donors (Lipinski definition) is 1. The number of aryl methyl sites for hydroxylation is 1. The first-order valence-electron chi connectivity index (χ1n) is 7.57.